The topological polar surface area (TPSA) is 149 Å². The van der Waals surface area contributed by atoms with Crippen LogP contribution in [0.4, 0.5) is 87.8 Å². The van der Waals surface area contributed by atoms with Gasteiger partial charge in [-0.1, -0.05) is 179 Å². The number of pyridine rings is 6. The Bertz CT molecular complexity index is 8210. The molecule has 6 heterocycles. The third-order valence-electron chi connectivity index (χ3n) is 26.0. The van der Waals surface area contributed by atoms with Crippen LogP contribution in [0.15, 0.2) is 242 Å². The van der Waals surface area contributed by atoms with Gasteiger partial charge in [0.25, 0.3) is 11.8 Å². The van der Waals surface area contributed by atoms with Gasteiger partial charge < -0.3 is 29.9 Å². The number of halogens is 21. The molecule has 9 nitrogen and oxygen atoms in total. The molecule has 0 spiro atoms. The maximum atomic E-state index is 14.9. The first-order chi connectivity index (χ1) is 65.5. The number of hydrogen-bond acceptors (Lipinski definition) is 9. The first kappa shape index (κ1) is 110. The summed E-state index contributed by atoms with van der Waals surface area (Å²) in [5.74, 6) is -9.17. The number of benzene rings is 12. The largest absolute Gasteiger partial charge is 0.403 e. The number of aryl methyl sites for hydroxylation is 1. The fourth-order valence-electron chi connectivity index (χ4n) is 20.2. The van der Waals surface area contributed by atoms with Gasteiger partial charge in [-0.25, -0.2) is 22.0 Å². The molecule has 0 bridgehead atoms. The number of rotatable bonds is 0. The number of nitrogens with zero attached hydrogens (tertiary/aromatic N) is 9. The Hall–Kier alpha value is -11.5. The monoisotopic (exact) mass is 3090 g/mol. The average molecular weight is 3090 g/mol. The Balaban J connectivity index is 0.000000144. The summed E-state index contributed by atoms with van der Waals surface area (Å²) in [5.41, 5.74) is -8.05. The van der Waals surface area contributed by atoms with Gasteiger partial charge in [-0.05, 0) is 192 Å². The summed E-state index contributed by atoms with van der Waals surface area (Å²) in [4.78, 5) is 25.4. The molecule has 6 aromatic heterocycles. The van der Waals surface area contributed by atoms with E-state index in [1.54, 1.807) is 55.0 Å². The quantitative estimate of drug-likeness (QED) is 0.107. The van der Waals surface area contributed by atoms with Crippen molar-refractivity contribution in [3.63, 3.8) is 0 Å². The maximum absolute atomic E-state index is 14.9. The van der Waals surface area contributed by atoms with Crippen molar-refractivity contribution in [3.05, 3.63) is 391 Å². The molecule has 144 heavy (non-hydrogen) atoms. The molecule has 0 aliphatic heterocycles. The Morgan fingerprint density at radius 1 is 0.312 bits per heavy atom. The second-order valence-electron chi connectivity index (χ2n) is 34.0. The number of aromatic nitrogens is 6. The van der Waals surface area contributed by atoms with Crippen LogP contribution < -0.4 is 0 Å². The van der Waals surface area contributed by atoms with E-state index in [1.165, 1.54) is 108 Å². The summed E-state index contributed by atoms with van der Waals surface area (Å²) < 4.78 is 285. The zero-order valence-electron chi connectivity index (χ0n) is 73.5. The number of alkyl halides is 16. The van der Waals surface area contributed by atoms with Crippen molar-refractivity contribution >= 4 is 80.6 Å². The summed E-state index contributed by atoms with van der Waals surface area (Å²) in [6, 6.07) is 69.4. The van der Waals surface area contributed by atoms with Crippen molar-refractivity contribution in [2.45, 2.75) is 92.8 Å². The van der Waals surface area contributed by atoms with Crippen LogP contribution in [0, 0.1) is 101 Å². The van der Waals surface area contributed by atoms with Gasteiger partial charge in [0.05, 0.1) is 29.8 Å². The minimum Gasteiger partial charge on any atom is -0.304 e. The van der Waals surface area contributed by atoms with E-state index in [0.29, 0.717) is 44.1 Å². The van der Waals surface area contributed by atoms with Crippen LogP contribution in [0.1, 0.15) is 117 Å². The second kappa shape index (κ2) is 39.7. The molecule has 0 amide bonds. The van der Waals surface area contributed by atoms with E-state index in [9.17, 15) is 98.3 Å². The summed E-state index contributed by atoms with van der Waals surface area (Å²) in [6.07, 6.45) is -13.5. The van der Waals surface area contributed by atoms with Crippen molar-refractivity contribution in [2.75, 3.05) is 0 Å². The van der Waals surface area contributed by atoms with Crippen LogP contribution in [0.5, 0.6) is 0 Å². The Morgan fingerprint density at radius 3 is 1.09 bits per heavy atom. The Labute approximate surface area is 895 Å². The first-order valence-corrected chi connectivity index (χ1v) is 42.5. The molecule has 6 aliphatic rings. The molecule has 738 valence electrons. The van der Waals surface area contributed by atoms with E-state index in [0.717, 1.165) is 104 Å². The van der Waals surface area contributed by atoms with Crippen LogP contribution >= 0.6 is 15.9 Å². The fraction of sp³-hybridized carbons (Fsp3) is 0.139. The van der Waals surface area contributed by atoms with Gasteiger partial charge in [0.15, 0.2) is 10.8 Å². The minimum absolute atomic E-state index is 0. The molecule has 18 aromatic rings. The van der Waals surface area contributed by atoms with Gasteiger partial charge in [-0.3, -0.25) is 13.2 Å². The van der Waals surface area contributed by atoms with Gasteiger partial charge in [0.2, 0.25) is 0 Å². The van der Waals surface area contributed by atoms with Crippen LogP contribution in [0.2, 0.25) is 0 Å². The Morgan fingerprint density at radius 2 is 0.646 bits per heavy atom. The fourth-order valence-corrected chi connectivity index (χ4v) is 20.8. The number of fused-ring (bicyclic) bond motifs is 12. The predicted molar refractivity (Wildman–Crippen MR) is 479 cm³/mol. The third-order valence-corrected chi connectivity index (χ3v) is 26.7. The normalized spacial score (nSPS) is 14.4. The van der Waals surface area contributed by atoms with E-state index in [1.807, 2.05) is 50.2 Å². The van der Waals surface area contributed by atoms with E-state index in [-0.39, 0.29) is 208 Å². The molecule has 6 radical (unpaired) electrons. The van der Waals surface area contributed by atoms with Crippen molar-refractivity contribution in [1.82, 2.24) is 29.9 Å². The van der Waals surface area contributed by atoms with Crippen molar-refractivity contribution in [2.24, 2.45) is 0 Å². The second-order valence-corrected chi connectivity index (χ2v) is 34.8. The van der Waals surface area contributed by atoms with Crippen LogP contribution in [0.25, 0.3) is 132 Å². The summed E-state index contributed by atoms with van der Waals surface area (Å²) >= 11 is 2.89. The van der Waals surface area contributed by atoms with Gasteiger partial charge in [0, 0.05) is 192 Å². The predicted octanol–water partition coefficient (Wildman–Crippen LogP) is 29.1. The van der Waals surface area contributed by atoms with Gasteiger partial charge >= 0.3 is 24.7 Å². The summed E-state index contributed by atoms with van der Waals surface area (Å²) in [6.45, 7) is 10.3. The molecule has 0 fully saturated rings. The van der Waals surface area contributed by atoms with E-state index in [4.69, 9.17) is 5.26 Å². The smallest absolute Gasteiger partial charge is 0.304 e. The maximum Gasteiger partial charge on any atom is 0.403 e. The molecular formula is C108H54BrF20Ir6N9-6. The zero-order valence-corrected chi connectivity index (χ0v) is 89.4. The molecule has 6 aliphatic carbocycles. The standard InChI is InChI=1S/C19H7F6N2.C19H12FN2.C19H15FN.C18H7BrF6N.C17H6F3N2.C16H7F3N.6Ir/c20-18(21,22)17(19(23,24)25)13-6-2-3-10-7-8-27-16(14(10)13)12-5-1-4-11(9-26)15(12)17;1-19(2)14-5-3-4-11-8-9-22-18(16(11)14)12-6-7-15(20)13(10-21)17(12)19;1-11-7-8-14-16-12(11)9-10-21-18(16)13-5-4-6-15(20)17(13)19(14,2)3;19-12-6-2-4-10-14(12)16(17(20,21)22,18(23,24)25)11-5-1-3-9-7-8-26-15(10)13(9)11;18-13-5-4-10-15(11(13)8-21)17(19,20)12-3-1-2-9-6-7-22-16(10)14(9)12;17-10-4-5-11-13(8-10)16(18,19)12-3-1-2-9-6-7-20-15(11)14(9)12;;;;;;/h1-4,6-8H;3-5,7-9H,1-2H3;4,6-10H,1-3H3;1-3,5-8H;1-3,5-7H;1-4,6-8H;;;;;;/q6*-1;;;;;;. The number of nitriles is 3. The van der Waals surface area contributed by atoms with Crippen molar-refractivity contribution < 1.29 is 208 Å². The molecule has 0 atom stereocenters. The third kappa shape index (κ3) is 16.7. The van der Waals surface area contributed by atoms with Gasteiger partial charge in [0.1, 0.15) is 0 Å². The summed E-state index contributed by atoms with van der Waals surface area (Å²) in [5, 5.41) is 34.4. The van der Waals surface area contributed by atoms with E-state index in [2.05, 4.69) is 115 Å². The molecule has 36 heteroatoms. The van der Waals surface area contributed by atoms with Crippen molar-refractivity contribution in [1.29, 1.82) is 15.8 Å². The first-order valence-electron chi connectivity index (χ1n) is 41.7. The van der Waals surface area contributed by atoms with Gasteiger partial charge in [-0.15, -0.1) is 130 Å². The van der Waals surface area contributed by atoms with Crippen LogP contribution in [-0.4, -0.2) is 54.6 Å². The minimum atomic E-state index is -5.75. The summed E-state index contributed by atoms with van der Waals surface area (Å²) in [7, 11) is 0. The molecule has 0 saturated heterocycles. The van der Waals surface area contributed by atoms with Gasteiger partial charge in [-0.2, -0.15) is 68.5 Å². The molecular weight excluding hydrogens is 3040 g/mol. The average Bonchev–Trinajstić information content (AvgIpc) is 0.676. The molecule has 0 N–H and O–H groups in total. The Kier molecular flexibility index (Phi) is 30.3. The molecule has 12 aromatic carbocycles. The molecule has 0 unspecified atom stereocenters. The zero-order chi connectivity index (χ0) is 98.2. The van der Waals surface area contributed by atoms with E-state index >= 15 is 0 Å². The number of hydrogen-bond donors (Lipinski definition) is 0. The SMILES string of the molecule is CC1(C)c2c([c-]cc(F)c2C#N)-c2nccc3cccc1c23.Cc1ccc2c3c(nccc13)-c1[c-]ccc(F)c1C2(C)C.FC(F)(F)C1(C(F)(F)F)c2c([c-]ccc2Br)-c2nccc3cccc1c23.Fc1c[c-]c2c(c1)C(F)(F)c1cccc3ccnc-2c13.N#Cc1c(F)c[c-]c2c1C(F)(F)c1cccc3ccnc-2c13.N#Cc1cc[c-]c2c1C(C(F)(F)F)(C(F)(F)F)c1cccc3ccnc-2c13.[Ir].[Ir].[Ir].[Ir].[Ir].[Ir]. The van der Waals surface area contributed by atoms with E-state index < -0.39 is 115 Å². The van der Waals surface area contributed by atoms with Crippen LogP contribution in [0.3, 0.4) is 0 Å². The molecule has 0 saturated carbocycles. The van der Waals surface area contributed by atoms with Crippen LogP contribution in [-0.2, 0) is 154 Å². The molecule has 24 rings (SSSR count). The van der Waals surface area contributed by atoms with Crippen molar-refractivity contribution in [3.8, 4) is 85.8 Å².